The lowest BCUT2D eigenvalue weighted by Gasteiger charge is -2.47. The first kappa shape index (κ1) is 26.5. The molecule has 3 atom stereocenters. The summed E-state index contributed by atoms with van der Waals surface area (Å²) >= 11 is 0. The zero-order chi connectivity index (χ0) is 29.5. The highest BCUT2D eigenvalue weighted by Crippen LogP contribution is 2.42. The van der Waals surface area contributed by atoms with E-state index in [1.165, 1.54) is 4.90 Å². The first-order chi connectivity index (χ1) is 21.0. The van der Waals surface area contributed by atoms with Crippen molar-refractivity contribution < 1.29 is 19.5 Å². The summed E-state index contributed by atoms with van der Waals surface area (Å²) in [4.78, 5) is 48.4. The van der Waals surface area contributed by atoms with Gasteiger partial charge in [-0.25, -0.2) is 14.4 Å². The van der Waals surface area contributed by atoms with E-state index >= 15 is 0 Å². The van der Waals surface area contributed by atoms with Crippen LogP contribution >= 0.6 is 0 Å². The lowest BCUT2D eigenvalue weighted by Crippen LogP contribution is -2.67. The van der Waals surface area contributed by atoms with E-state index in [-0.39, 0.29) is 18.6 Å². The molecule has 0 radical (unpaired) electrons. The van der Waals surface area contributed by atoms with E-state index < -0.39 is 24.1 Å². The molecular weight excluding hydrogens is 540 g/mol. The number of nitrogens with zero attached hydrogens (tertiary/aromatic N) is 4. The van der Waals surface area contributed by atoms with Crippen molar-refractivity contribution in [2.24, 2.45) is 0 Å². The fourth-order valence-electron chi connectivity index (χ4n) is 6.69. The van der Waals surface area contributed by atoms with Gasteiger partial charge in [-0.1, -0.05) is 84.9 Å². The van der Waals surface area contributed by atoms with Crippen molar-refractivity contribution >= 4 is 52.9 Å². The van der Waals surface area contributed by atoms with E-state index in [1.54, 1.807) is 14.7 Å². The van der Waals surface area contributed by atoms with Crippen LogP contribution in [0.3, 0.4) is 0 Å². The van der Waals surface area contributed by atoms with Crippen LogP contribution in [0.5, 0.6) is 0 Å². The number of hydrogen-bond acceptors (Lipinski definition) is 3. The first-order valence-corrected chi connectivity index (χ1v) is 14.4. The number of amides is 4. The van der Waals surface area contributed by atoms with Crippen LogP contribution in [0.4, 0.5) is 32.3 Å². The van der Waals surface area contributed by atoms with Crippen molar-refractivity contribution in [3.8, 4) is 0 Å². The Morgan fingerprint density at radius 1 is 0.674 bits per heavy atom. The van der Waals surface area contributed by atoms with Crippen molar-refractivity contribution in [3.05, 3.63) is 120 Å². The molecule has 4 aromatic rings. The summed E-state index contributed by atoms with van der Waals surface area (Å²) in [6, 6.07) is 30.9. The molecule has 43 heavy (non-hydrogen) atoms. The van der Waals surface area contributed by atoms with Gasteiger partial charge in [0.2, 0.25) is 0 Å². The Labute approximate surface area is 249 Å². The highest BCUT2D eigenvalue weighted by molar-refractivity contribution is 6.07. The van der Waals surface area contributed by atoms with Crippen LogP contribution in [0, 0.1) is 0 Å². The smallest absolute Gasteiger partial charge is 0.329 e. The molecule has 4 aromatic carbocycles. The Kier molecular flexibility index (Phi) is 6.66. The summed E-state index contributed by atoms with van der Waals surface area (Å²) in [6.07, 6.45) is 5.09. The molecule has 214 valence electrons. The maximum Gasteiger partial charge on any atom is 0.329 e. The van der Waals surface area contributed by atoms with Gasteiger partial charge in [0.1, 0.15) is 0 Å². The van der Waals surface area contributed by atoms with Gasteiger partial charge in [0.25, 0.3) is 0 Å². The minimum atomic E-state index is -1.21. The van der Waals surface area contributed by atoms with Crippen LogP contribution in [-0.4, -0.2) is 57.6 Å². The molecule has 3 heterocycles. The number of aliphatic carboxylic acids is 1. The van der Waals surface area contributed by atoms with E-state index in [4.69, 9.17) is 0 Å². The Morgan fingerprint density at radius 2 is 1.19 bits per heavy atom. The fourth-order valence-corrected chi connectivity index (χ4v) is 6.69. The highest BCUT2D eigenvalue weighted by Gasteiger charge is 2.54. The minimum absolute atomic E-state index is 0.115. The van der Waals surface area contributed by atoms with Gasteiger partial charge in [0.15, 0.2) is 6.04 Å². The van der Waals surface area contributed by atoms with Gasteiger partial charge in [0.05, 0.1) is 34.8 Å². The topological polar surface area (TPSA) is 84.4 Å². The summed E-state index contributed by atoms with van der Waals surface area (Å²) in [5.41, 5.74) is 4.53. The summed E-state index contributed by atoms with van der Waals surface area (Å²) in [5, 5.41) is 10.6. The number of rotatable bonds is 3. The average Bonchev–Trinajstić information content (AvgIpc) is 3.23. The molecule has 3 aliphatic heterocycles. The quantitative estimate of drug-likeness (QED) is 0.288. The summed E-state index contributed by atoms with van der Waals surface area (Å²) in [6.45, 7) is 0.115. The number of benzene rings is 4. The van der Waals surface area contributed by atoms with Crippen LogP contribution in [0.15, 0.2) is 109 Å². The van der Waals surface area contributed by atoms with E-state index in [0.29, 0.717) is 24.2 Å². The highest BCUT2D eigenvalue weighted by atomic mass is 16.4. The Morgan fingerprint density at radius 3 is 1.72 bits per heavy atom. The van der Waals surface area contributed by atoms with Crippen molar-refractivity contribution in [1.29, 1.82) is 0 Å². The standard InChI is InChI=1S/C35H30N4O4/c40-33(41)32-31-22-21-28(23-36(32)34(42)37(26-13-3-1-4-14-26)27-15-5-2-6-16-27)38(31)35(43)39-29-17-9-7-11-24(29)19-20-25-12-8-10-18-30(25)39/h1-20,28,31-32H,21-23H2,(H,40,41)/t28-,31+,32-/m1/s1. The molecule has 2 bridgehead atoms. The second kappa shape index (κ2) is 10.8. The number of piperazine rings is 1. The van der Waals surface area contributed by atoms with E-state index in [9.17, 15) is 19.5 Å². The van der Waals surface area contributed by atoms with Gasteiger partial charge in [-0.15, -0.1) is 0 Å². The average molecular weight is 571 g/mol. The van der Waals surface area contributed by atoms with Crippen LogP contribution in [0.25, 0.3) is 12.2 Å². The SMILES string of the molecule is O=C(O)[C@H]1[C@@H]2CC[C@H](CN1C(=O)N(c1ccccc1)c1ccccc1)N2C(=O)N1c2ccccc2C=Cc2ccccc21. The van der Waals surface area contributed by atoms with Crippen molar-refractivity contribution in [1.82, 2.24) is 9.80 Å². The number of carboxylic acids is 1. The molecule has 4 amide bonds. The molecule has 0 saturated carbocycles. The minimum Gasteiger partial charge on any atom is -0.480 e. The van der Waals surface area contributed by atoms with Crippen LogP contribution in [-0.2, 0) is 4.79 Å². The monoisotopic (exact) mass is 570 g/mol. The second-order valence-electron chi connectivity index (χ2n) is 11.0. The number of carbonyl (C=O) groups is 3. The number of anilines is 4. The number of hydrogen-bond donors (Lipinski definition) is 1. The molecule has 0 spiro atoms. The molecule has 2 fully saturated rings. The van der Waals surface area contributed by atoms with Crippen molar-refractivity contribution in [2.45, 2.75) is 31.0 Å². The molecule has 3 aliphatic rings. The lowest BCUT2D eigenvalue weighted by atomic mass is 10.0. The molecular formula is C35H30N4O4. The second-order valence-corrected chi connectivity index (χ2v) is 11.0. The predicted molar refractivity (Wildman–Crippen MR) is 167 cm³/mol. The molecule has 7 rings (SSSR count). The number of carboxylic acid groups (broad SMARTS) is 1. The lowest BCUT2D eigenvalue weighted by molar-refractivity contribution is -0.145. The molecule has 8 nitrogen and oxygen atoms in total. The third-order valence-corrected chi connectivity index (χ3v) is 8.58. The van der Waals surface area contributed by atoms with Gasteiger partial charge in [-0.2, -0.15) is 0 Å². The van der Waals surface area contributed by atoms with Gasteiger partial charge < -0.3 is 14.9 Å². The van der Waals surface area contributed by atoms with Gasteiger partial charge in [-0.05, 0) is 60.4 Å². The number of likely N-dealkylation sites (tertiary alicyclic amines) is 1. The number of urea groups is 2. The third-order valence-electron chi connectivity index (χ3n) is 8.58. The number of fused-ring (bicyclic) bond motifs is 4. The zero-order valence-corrected chi connectivity index (χ0v) is 23.4. The summed E-state index contributed by atoms with van der Waals surface area (Å²) in [5.74, 6) is -1.13. The van der Waals surface area contributed by atoms with E-state index in [1.807, 2.05) is 121 Å². The maximum absolute atomic E-state index is 14.6. The Hall–Kier alpha value is -5.37. The van der Waals surface area contributed by atoms with Crippen LogP contribution in [0.2, 0.25) is 0 Å². The maximum atomic E-state index is 14.6. The normalized spacial score (nSPS) is 20.2. The molecule has 2 saturated heterocycles. The van der Waals surface area contributed by atoms with Gasteiger partial charge in [-0.3, -0.25) is 9.80 Å². The van der Waals surface area contributed by atoms with E-state index in [0.717, 1.165) is 22.5 Å². The van der Waals surface area contributed by atoms with Crippen molar-refractivity contribution in [3.63, 3.8) is 0 Å². The molecule has 0 unspecified atom stereocenters. The molecule has 1 N–H and O–H groups in total. The van der Waals surface area contributed by atoms with Crippen LogP contribution in [0.1, 0.15) is 24.0 Å². The van der Waals surface area contributed by atoms with Crippen LogP contribution < -0.4 is 9.80 Å². The van der Waals surface area contributed by atoms with E-state index in [2.05, 4.69) is 0 Å². The Bertz CT molecular complexity index is 1640. The number of para-hydroxylation sites is 4. The number of carbonyl (C=O) groups excluding carboxylic acids is 2. The zero-order valence-electron chi connectivity index (χ0n) is 23.4. The van der Waals surface area contributed by atoms with Crippen molar-refractivity contribution in [2.75, 3.05) is 16.3 Å². The van der Waals surface area contributed by atoms with Gasteiger partial charge in [0, 0.05) is 6.54 Å². The summed E-state index contributed by atoms with van der Waals surface area (Å²) in [7, 11) is 0. The largest absolute Gasteiger partial charge is 0.480 e. The Balaban J connectivity index is 1.27. The fraction of sp³-hybridized carbons (Fsp3) is 0.171. The molecule has 0 aliphatic carbocycles. The molecule has 0 aromatic heterocycles. The first-order valence-electron chi connectivity index (χ1n) is 14.4. The summed E-state index contributed by atoms with van der Waals surface area (Å²) < 4.78 is 0. The van der Waals surface area contributed by atoms with Gasteiger partial charge >= 0.3 is 18.0 Å². The predicted octanol–water partition coefficient (Wildman–Crippen LogP) is 6.99. The third kappa shape index (κ3) is 4.52. The molecule has 8 heteroatoms.